The third kappa shape index (κ3) is 4.18. The molecule has 0 saturated heterocycles. The molecule has 4 aliphatic rings. The van der Waals surface area contributed by atoms with Crippen LogP contribution < -0.4 is 0 Å². The molecule has 0 aromatic rings. The van der Waals surface area contributed by atoms with Crippen LogP contribution in [0.2, 0.25) is 0 Å². The predicted molar refractivity (Wildman–Crippen MR) is 102 cm³/mol. The Labute approximate surface area is 163 Å². The Hall–Kier alpha value is -1.10. The first-order valence-corrected chi connectivity index (χ1v) is 10.8. The summed E-state index contributed by atoms with van der Waals surface area (Å²) >= 11 is 0. The molecule has 0 aromatic carbocycles. The number of hydrogen-bond acceptors (Lipinski definition) is 5. The van der Waals surface area contributed by atoms with Gasteiger partial charge in [0.15, 0.2) is 0 Å². The van der Waals surface area contributed by atoms with Crippen molar-refractivity contribution in [2.45, 2.75) is 78.2 Å². The van der Waals surface area contributed by atoms with E-state index in [0.717, 1.165) is 24.7 Å². The zero-order valence-corrected chi connectivity index (χ0v) is 17.4. The third-order valence-corrected chi connectivity index (χ3v) is 7.49. The van der Waals surface area contributed by atoms with E-state index in [1.165, 1.54) is 32.1 Å². The Morgan fingerprint density at radius 1 is 0.963 bits per heavy atom. The highest BCUT2D eigenvalue weighted by atomic mass is 16.6. The topological polar surface area (TPSA) is 61.8 Å². The predicted octanol–water partition coefficient (Wildman–Crippen LogP) is 4.13. The van der Waals surface area contributed by atoms with Gasteiger partial charge in [0, 0.05) is 0 Å². The molecule has 0 radical (unpaired) electrons. The van der Waals surface area contributed by atoms with Crippen LogP contribution in [0.3, 0.4) is 0 Å². The van der Waals surface area contributed by atoms with E-state index in [9.17, 15) is 9.59 Å². The Bertz CT molecular complexity index is 525. The van der Waals surface area contributed by atoms with E-state index in [1.807, 2.05) is 20.8 Å². The van der Waals surface area contributed by atoms with Crippen LogP contribution in [0.4, 0.5) is 0 Å². The van der Waals surface area contributed by atoms with E-state index >= 15 is 0 Å². The van der Waals surface area contributed by atoms with Crippen molar-refractivity contribution >= 4 is 11.9 Å². The Kier molecular flexibility index (Phi) is 6.19. The van der Waals surface area contributed by atoms with E-state index in [0.29, 0.717) is 11.8 Å². The van der Waals surface area contributed by atoms with Gasteiger partial charge in [-0.3, -0.25) is 4.79 Å². The summed E-state index contributed by atoms with van der Waals surface area (Å²) in [5.41, 5.74) is -0.753. The van der Waals surface area contributed by atoms with Crippen LogP contribution >= 0.6 is 0 Å². The van der Waals surface area contributed by atoms with Crippen LogP contribution in [0.5, 0.6) is 0 Å². The van der Waals surface area contributed by atoms with Gasteiger partial charge in [-0.15, -0.1) is 0 Å². The lowest BCUT2D eigenvalue weighted by atomic mass is 9.49. The molecule has 4 saturated carbocycles. The van der Waals surface area contributed by atoms with Gasteiger partial charge in [0.1, 0.15) is 18.8 Å². The number of ether oxygens (including phenoxy) is 3. The molecule has 0 spiro atoms. The molecule has 27 heavy (non-hydrogen) atoms. The van der Waals surface area contributed by atoms with Gasteiger partial charge in [0.2, 0.25) is 0 Å². The van der Waals surface area contributed by atoms with E-state index in [1.54, 1.807) is 0 Å². The van der Waals surface area contributed by atoms with Gasteiger partial charge in [-0.25, -0.2) is 4.79 Å². The van der Waals surface area contributed by atoms with E-state index in [4.69, 9.17) is 14.2 Å². The van der Waals surface area contributed by atoms with Gasteiger partial charge in [0.25, 0.3) is 0 Å². The first kappa shape index (κ1) is 20.6. The molecule has 4 rings (SSSR count). The zero-order chi connectivity index (χ0) is 19.7. The van der Waals surface area contributed by atoms with Gasteiger partial charge < -0.3 is 14.2 Å². The van der Waals surface area contributed by atoms with Gasteiger partial charge in [-0.2, -0.15) is 0 Å². The van der Waals surface area contributed by atoms with Crippen molar-refractivity contribution in [1.29, 1.82) is 0 Å². The largest absolute Gasteiger partial charge is 0.463 e. The molecule has 0 heterocycles. The van der Waals surface area contributed by atoms with Gasteiger partial charge in [-0.05, 0) is 82.5 Å². The lowest BCUT2D eigenvalue weighted by molar-refractivity contribution is -0.214. The average molecular weight is 381 g/mol. The van der Waals surface area contributed by atoms with Gasteiger partial charge in [-0.1, -0.05) is 13.8 Å². The van der Waals surface area contributed by atoms with Crippen molar-refractivity contribution in [3.05, 3.63) is 0 Å². The fourth-order valence-electron chi connectivity index (χ4n) is 5.73. The number of carbonyl (C=O) groups is 2. The first-order chi connectivity index (χ1) is 12.8. The normalized spacial score (nSPS) is 34.5. The van der Waals surface area contributed by atoms with E-state index < -0.39 is 5.41 Å². The van der Waals surface area contributed by atoms with Crippen molar-refractivity contribution in [2.75, 3.05) is 19.8 Å². The highest BCUT2D eigenvalue weighted by Crippen LogP contribution is 2.60. The molecular weight excluding hydrogens is 344 g/mol. The zero-order valence-electron chi connectivity index (χ0n) is 17.4. The average Bonchev–Trinajstić information content (AvgIpc) is 2.63. The van der Waals surface area contributed by atoms with Gasteiger partial charge >= 0.3 is 11.9 Å². The summed E-state index contributed by atoms with van der Waals surface area (Å²) in [6.07, 6.45) is 7.89. The summed E-state index contributed by atoms with van der Waals surface area (Å²) in [5, 5.41) is 0. The summed E-state index contributed by atoms with van der Waals surface area (Å²) in [7, 11) is 0. The summed E-state index contributed by atoms with van der Waals surface area (Å²) in [4.78, 5) is 24.4. The van der Waals surface area contributed by atoms with Crippen LogP contribution in [0.25, 0.3) is 0 Å². The Morgan fingerprint density at radius 2 is 1.56 bits per heavy atom. The van der Waals surface area contributed by atoms with Crippen LogP contribution in [-0.2, 0) is 23.8 Å². The maximum Gasteiger partial charge on any atom is 0.332 e. The van der Waals surface area contributed by atoms with Gasteiger partial charge in [0.05, 0.1) is 12.0 Å². The summed E-state index contributed by atoms with van der Waals surface area (Å²) in [6.45, 7) is 8.17. The molecule has 5 heteroatoms. The molecule has 154 valence electrons. The fraction of sp³-hybridized carbons (Fsp3) is 0.909. The monoisotopic (exact) mass is 380 g/mol. The molecule has 4 fully saturated rings. The van der Waals surface area contributed by atoms with Crippen LogP contribution in [0, 0.1) is 29.1 Å². The SMILES string of the molecule is CCC(C)(C)C(=O)OCCOCC(=O)OC1(CC)C2CC3CC(C2)CC1C3. The highest BCUT2D eigenvalue weighted by molar-refractivity contribution is 5.75. The van der Waals surface area contributed by atoms with Crippen molar-refractivity contribution in [1.82, 2.24) is 0 Å². The lowest BCUT2D eigenvalue weighted by Crippen LogP contribution is -2.59. The quantitative estimate of drug-likeness (QED) is 0.444. The second kappa shape index (κ2) is 8.10. The molecule has 0 aliphatic heterocycles. The Balaban J connectivity index is 1.42. The first-order valence-electron chi connectivity index (χ1n) is 10.8. The molecule has 0 amide bonds. The second-order valence-electron chi connectivity index (χ2n) is 9.51. The fourth-order valence-corrected chi connectivity index (χ4v) is 5.73. The third-order valence-electron chi connectivity index (χ3n) is 7.49. The van der Waals surface area contributed by atoms with E-state index in [2.05, 4.69) is 6.92 Å². The second-order valence-corrected chi connectivity index (χ2v) is 9.51. The Morgan fingerprint density at radius 3 is 2.07 bits per heavy atom. The number of hydrogen-bond donors (Lipinski definition) is 0. The maximum absolute atomic E-state index is 12.4. The van der Waals surface area contributed by atoms with Crippen LogP contribution in [-0.4, -0.2) is 37.4 Å². The number of carbonyl (C=O) groups excluding carboxylic acids is 2. The highest BCUT2D eigenvalue weighted by Gasteiger charge is 2.58. The minimum atomic E-state index is -0.480. The molecule has 0 N–H and O–H groups in total. The van der Waals surface area contributed by atoms with Crippen molar-refractivity contribution in [3.8, 4) is 0 Å². The molecule has 0 aromatic heterocycles. The maximum atomic E-state index is 12.4. The molecule has 0 unspecified atom stereocenters. The molecular formula is C22H36O5. The van der Waals surface area contributed by atoms with Crippen molar-refractivity contribution < 1.29 is 23.8 Å². The molecule has 5 nitrogen and oxygen atoms in total. The summed E-state index contributed by atoms with van der Waals surface area (Å²) in [5.74, 6) is 2.26. The van der Waals surface area contributed by atoms with Crippen LogP contribution in [0.1, 0.15) is 72.6 Å². The lowest BCUT2D eigenvalue weighted by Gasteiger charge is -2.60. The molecule has 0 atom stereocenters. The van der Waals surface area contributed by atoms with Crippen molar-refractivity contribution in [3.63, 3.8) is 0 Å². The standard InChI is InChI=1S/C22H36O5/c1-5-21(3,4)20(24)26-8-7-25-14-19(23)27-22(6-2)17-10-15-9-16(12-17)13-18(22)11-15/h15-18H,5-14H2,1-4H3. The van der Waals surface area contributed by atoms with E-state index in [-0.39, 0.29) is 37.4 Å². The minimum absolute atomic E-state index is 0.0667. The summed E-state index contributed by atoms with van der Waals surface area (Å²) in [6, 6.07) is 0. The number of rotatable bonds is 9. The molecule has 4 bridgehead atoms. The van der Waals surface area contributed by atoms with Crippen LogP contribution in [0.15, 0.2) is 0 Å². The summed E-state index contributed by atoms with van der Waals surface area (Å²) < 4.78 is 16.7. The minimum Gasteiger partial charge on any atom is -0.463 e. The smallest absolute Gasteiger partial charge is 0.332 e. The van der Waals surface area contributed by atoms with Crippen molar-refractivity contribution in [2.24, 2.45) is 29.1 Å². The molecule has 4 aliphatic carbocycles. The number of esters is 2.